The molecule has 2 nitrogen and oxygen atoms in total. The van der Waals surface area contributed by atoms with Gasteiger partial charge in [-0.15, -0.1) is 0 Å². The van der Waals surface area contributed by atoms with E-state index < -0.39 is 5.82 Å². The third-order valence-corrected chi connectivity index (χ3v) is 2.04. The van der Waals surface area contributed by atoms with Crippen molar-refractivity contribution in [3.63, 3.8) is 0 Å². The minimum Gasteiger partial charge on any atom is -0.491 e. The predicted molar refractivity (Wildman–Crippen MR) is 56.7 cm³/mol. The van der Waals surface area contributed by atoms with Gasteiger partial charge in [-0.1, -0.05) is 13.8 Å². The summed E-state index contributed by atoms with van der Waals surface area (Å²) in [5.41, 5.74) is 0.394. The van der Waals surface area contributed by atoms with Crippen LogP contribution in [0.25, 0.3) is 0 Å². The first-order valence-electron chi connectivity index (χ1n) is 5.02. The Balaban J connectivity index is 2.96. The predicted octanol–water partition coefficient (Wildman–Crippen LogP) is 3.06. The molecule has 0 bridgehead atoms. The molecule has 82 valence electrons. The third kappa shape index (κ3) is 2.78. The number of hydrogen-bond acceptors (Lipinski definition) is 2. The van der Waals surface area contributed by atoms with Crippen LogP contribution < -0.4 is 4.74 Å². The van der Waals surface area contributed by atoms with Gasteiger partial charge in [-0.05, 0) is 25.1 Å². The fourth-order valence-electron chi connectivity index (χ4n) is 1.26. The molecule has 1 aromatic rings. The van der Waals surface area contributed by atoms with Gasteiger partial charge in [0.2, 0.25) is 0 Å². The van der Waals surface area contributed by atoms with Crippen LogP contribution in [0.1, 0.15) is 31.1 Å². The molecule has 1 aromatic carbocycles. The quantitative estimate of drug-likeness (QED) is 0.714. The number of carbonyl (C=O) groups excluding carboxylic acids is 1. The van der Waals surface area contributed by atoms with Gasteiger partial charge in [0.1, 0.15) is 0 Å². The van der Waals surface area contributed by atoms with Crippen molar-refractivity contribution in [2.45, 2.75) is 20.8 Å². The Hall–Kier alpha value is -1.38. The first kappa shape index (κ1) is 11.7. The van der Waals surface area contributed by atoms with Crippen LogP contribution in [0.5, 0.6) is 5.75 Å². The number of ketones is 1. The number of benzene rings is 1. The van der Waals surface area contributed by atoms with Gasteiger partial charge in [0.15, 0.2) is 17.3 Å². The fourth-order valence-corrected chi connectivity index (χ4v) is 1.26. The molecule has 1 rings (SSSR count). The molecule has 0 heterocycles. The molecule has 0 aliphatic carbocycles. The summed E-state index contributed by atoms with van der Waals surface area (Å²) >= 11 is 0. The van der Waals surface area contributed by atoms with Gasteiger partial charge in [0.25, 0.3) is 0 Å². The van der Waals surface area contributed by atoms with Crippen LogP contribution in [0, 0.1) is 11.7 Å². The van der Waals surface area contributed by atoms with Gasteiger partial charge in [-0.25, -0.2) is 4.39 Å². The van der Waals surface area contributed by atoms with Crippen molar-refractivity contribution in [3.05, 3.63) is 29.6 Å². The summed E-state index contributed by atoms with van der Waals surface area (Å²) in [7, 11) is 0. The molecule has 3 heteroatoms. The van der Waals surface area contributed by atoms with E-state index >= 15 is 0 Å². The zero-order chi connectivity index (χ0) is 11.4. The van der Waals surface area contributed by atoms with E-state index in [-0.39, 0.29) is 17.5 Å². The number of carbonyl (C=O) groups is 1. The second-order valence-electron chi connectivity index (χ2n) is 3.60. The highest BCUT2D eigenvalue weighted by molar-refractivity contribution is 5.97. The largest absolute Gasteiger partial charge is 0.491 e. The summed E-state index contributed by atoms with van der Waals surface area (Å²) in [5.74, 6) is -0.472. The molecule has 0 N–H and O–H groups in total. The van der Waals surface area contributed by atoms with Crippen molar-refractivity contribution in [3.8, 4) is 5.75 Å². The molecule has 0 atom stereocenters. The zero-order valence-corrected chi connectivity index (χ0v) is 9.21. The van der Waals surface area contributed by atoms with E-state index in [1.807, 2.05) is 0 Å². The zero-order valence-electron chi connectivity index (χ0n) is 9.21. The van der Waals surface area contributed by atoms with Crippen molar-refractivity contribution in [1.29, 1.82) is 0 Å². The first-order valence-corrected chi connectivity index (χ1v) is 5.02. The Kier molecular flexibility index (Phi) is 3.83. The highest BCUT2D eigenvalue weighted by Gasteiger charge is 2.13. The summed E-state index contributed by atoms with van der Waals surface area (Å²) in [6, 6.07) is 4.32. The third-order valence-electron chi connectivity index (χ3n) is 2.04. The van der Waals surface area contributed by atoms with E-state index in [2.05, 4.69) is 0 Å². The number of hydrogen-bond donors (Lipinski definition) is 0. The van der Waals surface area contributed by atoms with E-state index in [9.17, 15) is 9.18 Å². The molecule has 0 amide bonds. The summed E-state index contributed by atoms with van der Waals surface area (Å²) in [4.78, 5) is 11.6. The fraction of sp³-hybridized carbons (Fsp3) is 0.417. The molecular weight excluding hydrogens is 195 g/mol. The smallest absolute Gasteiger partial charge is 0.165 e. The van der Waals surface area contributed by atoms with E-state index in [4.69, 9.17) is 4.74 Å². The maximum atomic E-state index is 13.4. The lowest BCUT2D eigenvalue weighted by Crippen LogP contribution is -2.08. The van der Waals surface area contributed by atoms with Crippen LogP contribution in [0.2, 0.25) is 0 Å². The van der Waals surface area contributed by atoms with Crippen molar-refractivity contribution < 1.29 is 13.9 Å². The molecule has 0 unspecified atom stereocenters. The Morgan fingerprint density at radius 3 is 2.60 bits per heavy atom. The van der Waals surface area contributed by atoms with Crippen LogP contribution in [0.4, 0.5) is 4.39 Å². The summed E-state index contributed by atoms with van der Waals surface area (Å²) in [5, 5.41) is 0. The highest BCUT2D eigenvalue weighted by atomic mass is 19.1. The normalized spacial score (nSPS) is 10.5. The lowest BCUT2D eigenvalue weighted by molar-refractivity contribution is 0.0939. The molecular formula is C12H15FO2. The summed E-state index contributed by atoms with van der Waals surface area (Å²) in [6.45, 7) is 5.77. The summed E-state index contributed by atoms with van der Waals surface area (Å²) < 4.78 is 18.4. The van der Waals surface area contributed by atoms with Crippen molar-refractivity contribution in [2.24, 2.45) is 5.92 Å². The van der Waals surface area contributed by atoms with E-state index in [0.717, 1.165) is 0 Å². The SMILES string of the molecule is CCOc1ccc(C(=O)C(C)C)cc1F. The molecule has 15 heavy (non-hydrogen) atoms. The van der Waals surface area contributed by atoms with Gasteiger partial charge in [0, 0.05) is 11.5 Å². The Bertz CT molecular complexity index is 359. The lowest BCUT2D eigenvalue weighted by Gasteiger charge is -2.07. The second-order valence-corrected chi connectivity index (χ2v) is 3.60. The number of ether oxygens (including phenoxy) is 1. The Labute approximate surface area is 89.1 Å². The molecule has 0 fully saturated rings. The minimum atomic E-state index is -0.483. The maximum Gasteiger partial charge on any atom is 0.165 e. The number of Topliss-reactive ketones (excluding diaryl/α,β-unsaturated/α-hetero) is 1. The van der Waals surface area contributed by atoms with E-state index in [1.54, 1.807) is 26.8 Å². The van der Waals surface area contributed by atoms with Crippen LogP contribution in [-0.4, -0.2) is 12.4 Å². The molecule has 0 aliphatic rings. The molecule has 0 aromatic heterocycles. The van der Waals surface area contributed by atoms with Gasteiger partial charge < -0.3 is 4.74 Å². The van der Waals surface area contributed by atoms with Gasteiger partial charge in [-0.2, -0.15) is 0 Å². The standard InChI is InChI=1S/C12H15FO2/c1-4-15-11-6-5-9(7-10(11)13)12(14)8(2)3/h5-8H,4H2,1-3H3. The first-order chi connectivity index (χ1) is 7.06. The van der Waals surface area contributed by atoms with Crippen LogP contribution in [0.3, 0.4) is 0 Å². The monoisotopic (exact) mass is 210 g/mol. The molecule has 0 saturated carbocycles. The molecule has 0 spiro atoms. The van der Waals surface area contributed by atoms with Crippen LogP contribution in [0.15, 0.2) is 18.2 Å². The average molecular weight is 210 g/mol. The molecule has 0 saturated heterocycles. The second kappa shape index (κ2) is 4.91. The summed E-state index contributed by atoms with van der Waals surface area (Å²) in [6.07, 6.45) is 0. The number of rotatable bonds is 4. The molecule has 0 radical (unpaired) electrons. The van der Waals surface area contributed by atoms with Crippen molar-refractivity contribution >= 4 is 5.78 Å². The van der Waals surface area contributed by atoms with E-state index in [0.29, 0.717) is 12.2 Å². The Morgan fingerprint density at radius 2 is 2.13 bits per heavy atom. The molecule has 0 aliphatic heterocycles. The van der Waals surface area contributed by atoms with Crippen molar-refractivity contribution in [1.82, 2.24) is 0 Å². The van der Waals surface area contributed by atoms with Crippen molar-refractivity contribution in [2.75, 3.05) is 6.61 Å². The van der Waals surface area contributed by atoms with Gasteiger partial charge in [-0.3, -0.25) is 4.79 Å². The lowest BCUT2D eigenvalue weighted by atomic mass is 10.0. The Morgan fingerprint density at radius 1 is 1.47 bits per heavy atom. The van der Waals surface area contributed by atoms with Gasteiger partial charge in [0.05, 0.1) is 6.61 Å². The highest BCUT2D eigenvalue weighted by Crippen LogP contribution is 2.19. The maximum absolute atomic E-state index is 13.4. The topological polar surface area (TPSA) is 26.3 Å². The minimum absolute atomic E-state index is 0.0584. The van der Waals surface area contributed by atoms with Gasteiger partial charge >= 0.3 is 0 Å². The average Bonchev–Trinajstić information content (AvgIpc) is 2.20. The van der Waals surface area contributed by atoms with Crippen LogP contribution in [-0.2, 0) is 0 Å². The number of halogens is 1. The van der Waals surface area contributed by atoms with Crippen LogP contribution >= 0.6 is 0 Å². The van der Waals surface area contributed by atoms with E-state index in [1.165, 1.54) is 12.1 Å².